The summed E-state index contributed by atoms with van der Waals surface area (Å²) in [6.07, 6.45) is -6.36. The van der Waals surface area contributed by atoms with E-state index in [0.29, 0.717) is 18.6 Å². The summed E-state index contributed by atoms with van der Waals surface area (Å²) >= 11 is 0. The van der Waals surface area contributed by atoms with Crippen molar-refractivity contribution in [3.63, 3.8) is 0 Å². The van der Waals surface area contributed by atoms with Crippen molar-refractivity contribution in [3.8, 4) is 5.75 Å². The molecule has 0 saturated carbocycles. The Labute approximate surface area is 304 Å². The molecule has 4 atom stereocenters. The molecule has 0 aromatic heterocycles. The van der Waals surface area contributed by atoms with Crippen molar-refractivity contribution < 1.29 is 51.3 Å². The molecular weight excluding hydrogens is 686 g/mol. The number of methoxy groups -OCH3 is 1. The Kier molecular flexibility index (Phi) is 17.3. The molecule has 0 aliphatic carbocycles. The summed E-state index contributed by atoms with van der Waals surface area (Å²) in [5, 5.41) is 19.7. The van der Waals surface area contributed by atoms with Gasteiger partial charge < -0.3 is 35.3 Å². The van der Waals surface area contributed by atoms with Crippen LogP contribution in [0.15, 0.2) is 42.5 Å². The van der Waals surface area contributed by atoms with Crippen molar-refractivity contribution in [1.29, 1.82) is 0 Å². The summed E-state index contributed by atoms with van der Waals surface area (Å²) in [4.78, 5) is 39.7. The van der Waals surface area contributed by atoms with Crippen LogP contribution in [-0.2, 0) is 31.8 Å². The highest BCUT2D eigenvalue weighted by Crippen LogP contribution is 2.36. The van der Waals surface area contributed by atoms with E-state index in [1.165, 1.54) is 19.2 Å². The zero-order valence-corrected chi connectivity index (χ0v) is 31.4. The summed E-state index contributed by atoms with van der Waals surface area (Å²) in [5.41, 5.74) is -1.27. The molecule has 0 heterocycles. The normalized spacial score (nSPS) is 14.4. The van der Waals surface area contributed by atoms with Crippen molar-refractivity contribution in [3.05, 3.63) is 59.4 Å². The molecule has 52 heavy (non-hydrogen) atoms. The van der Waals surface area contributed by atoms with Gasteiger partial charge in [0.1, 0.15) is 17.2 Å². The van der Waals surface area contributed by atoms with Gasteiger partial charge in [-0.2, -0.15) is 13.2 Å². The number of benzene rings is 2. The quantitative estimate of drug-likeness (QED) is 0.0866. The Balaban J connectivity index is 2.29. The Bertz CT molecular complexity index is 1430. The maximum Gasteiger partial charge on any atom is 0.416 e. The molecule has 0 aliphatic rings. The smallest absolute Gasteiger partial charge is 0.416 e. The first-order chi connectivity index (χ1) is 24.2. The van der Waals surface area contributed by atoms with Gasteiger partial charge in [-0.1, -0.05) is 39.8 Å². The molecule has 0 unspecified atom stereocenters. The standard InChI is InChI=1S/C38H55F4N3O7/c1-23(2)26(19-34(47)44-31-20-27(38(40,41)42)12-15-33(31)51-17-9-16-50-8)18-30(45-36(49)52-37(5,6)7)32(46)21-29(24(3)4)35(48)43-22-25-10-13-28(39)14-11-25/h10-15,20,23-24,26,29-30,32,46H,9,16-19,21-22H2,1-8H3,(H,43,48)(H,44,47)(H,45,49)/t26-,29+,30+,32+/m1/s1. The van der Waals surface area contributed by atoms with E-state index in [1.807, 2.05) is 27.7 Å². The largest absolute Gasteiger partial charge is 0.491 e. The molecule has 292 valence electrons. The predicted molar refractivity (Wildman–Crippen MR) is 190 cm³/mol. The lowest BCUT2D eigenvalue weighted by atomic mass is 9.81. The first-order valence-electron chi connectivity index (χ1n) is 17.5. The highest BCUT2D eigenvalue weighted by atomic mass is 19.4. The number of alkyl halides is 3. The topological polar surface area (TPSA) is 135 Å². The van der Waals surface area contributed by atoms with Crippen LogP contribution >= 0.6 is 0 Å². The lowest BCUT2D eigenvalue weighted by Gasteiger charge is -2.33. The second kappa shape index (κ2) is 20.4. The molecule has 2 aromatic rings. The number of carbonyl (C=O) groups excluding carboxylic acids is 3. The van der Waals surface area contributed by atoms with E-state index in [1.54, 1.807) is 32.9 Å². The number of aliphatic hydroxyl groups is 1. The number of carbonyl (C=O) groups is 3. The first kappa shape index (κ1) is 44.3. The highest BCUT2D eigenvalue weighted by Gasteiger charge is 2.35. The zero-order valence-electron chi connectivity index (χ0n) is 31.4. The van der Waals surface area contributed by atoms with Gasteiger partial charge in [0, 0.05) is 39.0 Å². The summed E-state index contributed by atoms with van der Waals surface area (Å²) in [6, 6.07) is 7.58. The van der Waals surface area contributed by atoms with Gasteiger partial charge in [0.05, 0.1) is 30.0 Å². The number of ether oxygens (including phenoxy) is 3. The molecule has 0 saturated heterocycles. The van der Waals surface area contributed by atoms with E-state index in [2.05, 4.69) is 16.0 Å². The van der Waals surface area contributed by atoms with Crippen LogP contribution in [0.4, 0.5) is 28.0 Å². The lowest BCUT2D eigenvalue weighted by Crippen LogP contribution is -2.48. The molecule has 4 N–H and O–H groups in total. The average molecular weight is 742 g/mol. The van der Waals surface area contributed by atoms with Crippen molar-refractivity contribution in [2.45, 2.75) is 105 Å². The van der Waals surface area contributed by atoms with E-state index in [9.17, 15) is 37.1 Å². The number of hydrogen-bond acceptors (Lipinski definition) is 7. The van der Waals surface area contributed by atoms with Gasteiger partial charge in [0.15, 0.2) is 0 Å². The predicted octanol–water partition coefficient (Wildman–Crippen LogP) is 7.48. The van der Waals surface area contributed by atoms with Gasteiger partial charge in [-0.3, -0.25) is 9.59 Å². The third-order valence-electron chi connectivity index (χ3n) is 8.46. The van der Waals surface area contributed by atoms with Crippen molar-refractivity contribution in [2.24, 2.45) is 23.7 Å². The number of aliphatic hydroxyl groups excluding tert-OH is 1. The SMILES string of the molecule is COCCCOc1ccc(C(F)(F)F)cc1NC(=O)C[C@@H](C[C@H](NC(=O)OC(C)(C)C)[C@@H](O)C[C@H](C(=O)NCc1ccc(F)cc1)C(C)C)C(C)C. The van der Waals surface area contributed by atoms with Gasteiger partial charge in [0.2, 0.25) is 11.8 Å². The Morgan fingerprint density at radius 3 is 2.12 bits per heavy atom. The first-order valence-corrected chi connectivity index (χ1v) is 17.5. The average Bonchev–Trinajstić information content (AvgIpc) is 3.03. The van der Waals surface area contributed by atoms with Crippen molar-refractivity contribution in [1.82, 2.24) is 10.6 Å². The monoisotopic (exact) mass is 741 g/mol. The summed E-state index contributed by atoms with van der Waals surface area (Å²) in [5.74, 6) is -2.81. The fourth-order valence-electron chi connectivity index (χ4n) is 5.47. The molecule has 10 nitrogen and oxygen atoms in total. The van der Waals surface area contributed by atoms with Crippen molar-refractivity contribution >= 4 is 23.6 Å². The lowest BCUT2D eigenvalue weighted by molar-refractivity contribution is -0.137. The molecular formula is C38H55F4N3O7. The summed E-state index contributed by atoms with van der Waals surface area (Å²) in [6.45, 7) is 13.1. The summed E-state index contributed by atoms with van der Waals surface area (Å²) < 4.78 is 70.2. The molecule has 0 aliphatic heterocycles. The molecule has 14 heteroatoms. The second-order valence-corrected chi connectivity index (χ2v) is 14.6. The van der Waals surface area contributed by atoms with E-state index in [4.69, 9.17) is 14.2 Å². The number of halogens is 4. The minimum Gasteiger partial charge on any atom is -0.491 e. The number of amides is 3. The fourth-order valence-corrected chi connectivity index (χ4v) is 5.47. The maximum atomic E-state index is 13.6. The van der Waals surface area contributed by atoms with Crippen LogP contribution in [0, 0.1) is 29.5 Å². The van der Waals surface area contributed by atoms with E-state index >= 15 is 0 Å². The number of alkyl carbamates (subject to hydrolysis) is 1. The van der Waals surface area contributed by atoms with Crippen LogP contribution in [0.3, 0.4) is 0 Å². The van der Waals surface area contributed by atoms with Crippen LogP contribution in [0.5, 0.6) is 5.75 Å². The second-order valence-electron chi connectivity index (χ2n) is 14.6. The van der Waals surface area contributed by atoms with E-state index in [0.717, 1.165) is 18.2 Å². The van der Waals surface area contributed by atoms with Crippen LogP contribution in [0.1, 0.15) is 85.3 Å². The van der Waals surface area contributed by atoms with Gasteiger partial charge in [-0.15, -0.1) is 0 Å². The van der Waals surface area contributed by atoms with Crippen LogP contribution < -0.4 is 20.7 Å². The van der Waals surface area contributed by atoms with E-state index in [-0.39, 0.29) is 61.6 Å². The minimum atomic E-state index is -4.66. The van der Waals surface area contributed by atoms with Gasteiger partial charge in [-0.25, -0.2) is 9.18 Å². The van der Waals surface area contributed by atoms with Crippen LogP contribution in [0.25, 0.3) is 0 Å². The molecule has 0 radical (unpaired) electrons. The van der Waals surface area contributed by atoms with Gasteiger partial charge >= 0.3 is 12.3 Å². The fraction of sp³-hybridized carbons (Fsp3) is 0.605. The van der Waals surface area contributed by atoms with Gasteiger partial charge in [0.25, 0.3) is 0 Å². The van der Waals surface area contributed by atoms with Gasteiger partial charge in [-0.05, 0) is 87.3 Å². The molecule has 0 spiro atoms. The Hall–Kier alpha value is -3.91. The van der Waals surface area contributed by atoms with Crippen LogP contribution in [0.2, 0.25) is 0 Å². The molecule has 0 fully saturated rings. The summed E-state index contributed by atoms with van der Waals surface area (Å²) in [7, 11) is 1.51. The third-order valence-corrected chi connectivity index (χ3v) is 8.46. The number of hydrogen-bond donors (Lipinski definition) is 4. The Morgan fingerprint density at radius 2 is 1.56 bits per heavy atom. The zero-order chi connectivity index (χ0) is 39.2. The molecule has 0 bridgehead atoms. The number of nitrogens with one attached hydrogen (secondary N) is 3. The van der Waals surface area contributed by atoms with Crippen LogP contribution in [-0.4, -0.2) is 61.1 Å². The van der Waals surface area contributed by atoms with Crippen molar-refractivity contribution in [2.75, 3.05) is 25.6 Å². The number of rotatable bonds is 19. The highest BCUT2D eigenvalue weighted by molar-refractivity contribution is 5.92. The molecule has 2 rings (SSSR count). The number of anilines is 1. The Morgan fingerprint density at radius 1 is 0.904 bits per heavy atom. The molecule has 3 amide bonds. The third kappa shape index (κ3) is 15.8. The molecule has 2 aromatic carbocycles. The maximum absolute atomic E-state index is 13.6. The van der Waals surface area contributed by atoms with E-state index < -0.39 is 59.1 Å². The minimum absolute atomic E-state index is 0.0433.